The summed E-state index contributed by atoms with van der Waals surface area (Å²) in [5.74, 6) is -0.548. The molecule has 0 fully saturated rings. The number of amides is 2. The summed E-state index contributed by atoms with van der Waals surface area (Å²) in [5, 5.41) is 22.3. The van der Waals surface area contributed by atoms with Crippen molar-refractivity contribution in [3.05, 3.63) is 24.3 Å². The molecule has 0 aromatic heterocycles. The van der Waals surface area contributed by atoms with Crippen LogP contribution in [-0.4, -0.2) is 42.0 Å². The molecule has 0 radical (unpaired) electrons. The fourth-order valence-electron chi connectivity index (χ4n) is 1.39. The van der Waals surface area contributed by atoms with Crippen LogP contribution in [-0.2, 0) is 4.79 Å². The van der Waals surface area contributed by atoms with E-state index in [1.54, 1.807) is 24.3 Å². The third kappa shape index (κ3) is 4.84. The number of hydrogen-bond acceptors (Lipinski definition) is 4. The first-order chi connectivity index (χ1) is 9.06. The van der Waals surface area contributed by atoms with Crippen molar-refractivity contribution in [2.75, 3.05) is 19.0 Å². The summed E-state index contributed by atoms with van der Waals surface area (Å²) in [4.78, 5) is 22.3. The van der Waals surface area contributed by atoms with Gasteiger partial charge in [-0.3, -0.25) is 0 Å². The van der Waals surface area contributed by atoms with E-state index in [0.717, 1.165) is 0 Å². The highest BCUT2D eigenvalue weighted by molar-refractivity contribution is 5.92. The molecular formula is C12H16N2O5. The average Bonchev–Trinajstić information content (AvgIpc) is 2.39. The lowest BCUT2D eigenvalue weighted by Crippen LogP contribution is -2.43. The fraction of sp³-hybridized carbons (Fsp3) is 0.333. The predicted molar refractivity (Wildman–Crippen MR) is 68.3 cm³/mol. The molecule has 0 saturated heterocycles. The van der Waals surface area contributed by atoms with Gasteiger partial charge in [-0.1, -0.05) is 0 Å². The zero-order valence-electron chi connectivity index (χ0n) is 10.4. The number of aliphatic carboxylic acids is 1. The minimum absolute atomic E-state index is 0.0502. The molecule has 7 heteroatoms. The van der Waals surface area contributed by atoms with E-state index in [2.05, 4.69) is 10.6 Å². The number of aliphatic hydroxyl groups is 1. The number of methoxy groups -OCH3 is 1. The normalized spacial score (nSPS) is 11.5. The second-order valence-electron chi connectivity index (χ2n) is 3.73. The minimum atomic E-state index is -1.20. The summed E-state index contributed by atoms with van der Waals surface area (Å²) in [6, 6.07) is 4.81. The number of carbonyl (C=O) groups is 2. The lowest BCUT2D eigenvalue weighted by molar-refractivity contribution is -0.139. The van der Waals surface area contributed by atoms with Crippen LogP contribution in [0, 0.1) is 0 Å². The topological polar surface area (TPSA) is 108 Å². The molecule has 0 heterocycles. The number of nitrogens with one attached hydrogen (secondary N) is 2. The van der Waals surface area contributed by atoms with E-state index in [4.69, 9.17) is 14.9 Å². The molecule has 104 valence electrons. The summed E-state index contributed by atoms with van der Waals surface area (Å²) in [6.45, 7) is -0.320. The van der Waals surface area contributed by atoms with Crippen molar-refractivity contribution in [2.45, 2.75) is 12.5 Å². The first-order valence-corrected chi connectivity index (χ1v) is 5.62. The van der Waals surface area contributed by atoms with Crippen molar-refractivity contribution in [2.24, 2.45) is 0 Å². The van der Waals surface area contributed by atoms with Crippen molar-refractivity contribution in [3.8, 4) is 5.75 Å². The zero-order valence-corrected chi connectivity index (χ0v) is 10.4. The van der Waals surface area contributed by atoms with Gasteiger partial charge in [0.25, 0.3) is 0 Å². The molecule has 1 aromatic carbocycles. The van der Waals surface area contributed by atoms with Gasteiger partial charge in [-0.25, -0.2) is 9.59 Å². The van der Waals surface area contributed by atoms with Crippen molar-refractivity contribution >= 4 is 17.7 Å². The number of anilines is 1. The highest BCUT2D eigenvalue weighted by Gasteiger charge is 2.18. The van der Waals surface area contributed by atoms with Gasteiger partial charge < -0.3 is 25.6 Å². The van der Waals surface area contributed by atoms with Gasteiger partial charge in [-0.2, -0.15) is 0 Å². The van der Waals surface area contributed by atoms with Crippen LogP contribution in [0.3, 0.4) is 0 Å². The number of carboxylic acid groups (broad SMARTS) is 1. The minimum Gasteiger partial charge on any atom is -0.497 e. The molecule has 0 bridgehead atoms. The van der Waals surface area contributed by atoms with Gasteiger partial charge in [0.2, 0.25) is 0 Å². The van der Waals surface area contributed by atoms with Gasteiger partial charge in [-0.05, 0) is 24.3 Å². The van der Waals surface area contributed by atoms with Crippen LogP contribution in [0.5, 0.6) is 5.75 Å². The van der Waals surface area contributed by atoms with Crippen LogP contribution >= 0.6 is 0 Å². The maximum absolute atomic E-state index is 11.6. The maximum Gasteiger partial charge on any atom is 0.326 e. The Kier molecular flexibility index (Phi) is 5.62. The second-order valence-corrected chi connectivity index (χ2v) is 3.73. The van der Waals surface area contributed by atoms with Crippen LogP contribution in [0.2, 0.25) is 0 Å². The molecule has 0 saturated carbocycles. The molecule has 0 aliphatic heterocycles. The number of hydrogen-bond donors (Lipinski definition) is 4. The van der Waals surface area contributed by atoms with Crippen LogP contribution in [0.4, 0.5) is 10.5 Å². The summed E-state index contributed by atoms with van der Waals surface area (Å²) >= 11 is 0. The summed E-state index contributed by atoms with van der Waals surface area (Å²) in [6.07, 6.45) is -0.0502. The van der Waals surface area contributed by atoms with Crippen LogP contribution < -0.4 is 15.4 Å². The molecule has 1 aromatic rings. The van der Waals surface area contributed by atoms with E-state index >= 15 is 0 Å². The maximum atomic E-state index is 11.6. The van der Waals surface area contributed by atoms with Crippen molar-refractivity contribution in [3.63, 3.8) is 0 Å². The van der Waals surface area contributed by atoms with E-state index in [0.29, 0.717) is 11.4 Å². The molecule has 7 nitrogen and oxygen atoms in total. The Balaban J connectivity index is 2.55. The van der Waals surface area contributed by atoms with Gasteiger partial charge in [0, 0.05) is 18.7 Å². The third-order valence-corrected chi connectivity index (χ3v) is 2.37. The molecule has 0 aliphatic carbocycles. The van der Waals surface area contributed by atoms with Gasteiger partial charge in [0.05, 0.1) is 7.11 Å². The molecule has 1 atom stereocenters. The van der Waals surface area contributed by atoms with Crippen molar-refractivity contribution < 1.29 is 24.5 Å². The first kappa shape index (κ1) is 14.8. The van der Waals surface area contributed by atoms with Crippen LogP contribution in [0.15, 0.2) is 24.3 Å². The molecule has 1 rings (SSSR count). The Morgan fingerprint density at radius 2 is 1.95 bits per heavy atom. The molecule has 0 spiro atoms. The lowest BCUT2D eigenvalue weighted by Gasteiger charge is -2.14. The Hall–Kier alpha value is -2.28. The van der Waals surface area contributed by atoms with E-state index in [9.17, 15) is 9.59 Å². The monoisotopic (exact) mass is 268 g/mol. The molecule has 0 unspecified atom stereocenters. The summed E-state index contributed by atoms with van der Waals surface area (Å²) < 4.78 is 4.97. The quantitative estimate of drug-likeness (QED) is 0.606. The number of ether oxygens (including phenoxy) is 1. The van der Waals surface area contributed by atoms with Crippen molar-refractivity contribution in [1.82, 2.24) is 5.32 Å². The van der Waals surface area contributed by atoms with Gasteiger partial charge in [-0.15, -0.1) is 0 Å². The van der Waals surface area contributed by atoms with Gasteiger partial charge >= 0.3 is 12.0 Å². The molecule has 4 N–H and O–H groups in total. The standard InChI is InChI=1S/C12H16N2O5/c1-19-9-4-2-8(3-5-9)13-12(18)14-10(6-7-15)11(16)17/h2-5,10,15H,6-7H2,1H3,(H,16,17)(H2,13,14,18)/t10-/m1/s1. The van der Waals surface area contributed by atoms with E-state index in [1.807, 2.05) is 0 Å². The fourth-order valence-corrected chi connectivity index (χ4v) is 1.39. The zero-order chi connectivity index (χ0) is 14.3. The largest absolute Gasteiger partial charge is 0.497 e. The first-order valence-electron chi connectivity index (χ1n) is 5.62. The molecule has 2 amide bonds. The SMILES string of the molecule is COc1ccc(NC(=O)N[C@H](CCO)C(=O)O)cc1. The highest BCUT2D eigenvalue weighted by atomic mass is 16.5. The van der Waals surface area contributed by atoms with E-state index in [-0.39, 0.29) is 13.0 Å². The van der Waals surface area contributed by atoms with Crippen molar-refractivity contribution in [1.29, 1.82) is 0 Å². The second kappa shape index (κ2) is 7.22. The number of carbonyl (C=O) groups excluding carboxylic acids is 1. The number of urea groups is 1. The lowest BCUT2D eigenvalue weighted by atomic mass is 10.2. The summed E-state index contributed by atoms with van der Waals surface area (Å²) in [7, 11) is 1.53. The van der Waals surface area contributed by atoms with Crippen LogP contribution in [0.25, 0.3) is 0 Å². The number of aliphatic hydroxyl groups excluding tert-OH is 1. The summed E-state index contributed by atoms with van der Waals surface area (Å²) in [5.41, 5.74) is 0.506. The number of carboxylic acids is 1. The number of benzene rings is 1. The Labute approximate surface area is 110 Å². The molecular weight excluding hydrogens is 252 g/mol. The van der Waals surface area contributed by atoms with E-state index < -0.39 is 18.0 Å². The van der Waals surface area contributed by atoms with Crippen LogP contribution in [0.1, 0.15) is 6.42 Å². The van der Waals surface area contributed by atoms with Gasteiger partial charge in [0.15, 0.2) is 0 Å². The molecule has 0 aliphatic rings. The number of rotatable bonds is 6. The third-order valence-electron chi connectivity index (χ3n) is 2.37. The highest BCUT2D eigenvalue weighted by Crippen LogP contribution is 2.14. The predicted octanol–water partition coefficient (Wildman–Crippen LogP) is 0.652. The van der Waals surface area contributed by atoms with Gasteiger partial charge in [0.1, 0.15) is 11.8 Å². The molecule has 19 heavy (non-hydrogen) atoms. The Morgan fingerprint density at radius 1 is 1.32 bits per heavy atom. The smallest absolute Gasteiger partial charge is 0.326 e. The average molecular weight is 268 g/mol. The Morgan fingerprint density at radius 3 is 2.42 bits per heavy atom. The van der Waals surface area contributed by atoms with E-state index in [1.165, 1.54) is 7.11 Å². The Bertz CT molecular complexity index is 432.